The number of fused-ring (bicyclic) bond motifs is 2. The van der Waals surface area contributed by atoms with E-state index in [-0.39, 0.29) is 37.6 Å². The zero-order chi connectivity index (χ0) is 24.4. The second-order valence-electron chi connectivity index (χ2n) is 9.93. The molecule has 0 amide bonds. The highest BCUT2D eigenvalue weighted by Crippen LogP contribution is 2.40. The largest absolute Gasteiger partial charge is 0.459 e. The number of hydrogen-bond acceptors (Lipinski definition) is 7. The summed E-state index contributed by atoms with van der Waals surface area (Å²) in [4.78, 5) is 39.4. The Balaban J connectivity index is 1.92. The third-order valence-corrected chi connectivity index (χ3v) is 7.18. The van der Waals surface area contributed by atoms with Gasteiger partial charge in [-0.3, -0.25) is 14.4 Å². The number of hydrogen-bond donors (Lipinski definition) is 1. The number of carbonyl (C=O) groups is 3. The van der Waals surface area contributed by atoms with Gasteiger partial charge in [-0.2, -0.15) is 0 Å². The average Bonchev–Trinajstić information content (AvgIpc) is 3.08. The Bertz CT molecular complexity index is 865. The smallest absolute Gasteiger partial charge is 0.311 e. The molecule has 2 fully saturated rings. The highest BCUT2D eigenvalue weighted by molar-refractivity contribution is 5.90. The predicted molar refractivity (Wildman–Crippen MR) is 121 cm³/mol. The topological polar surface area (TPSA) is 99.1 Å². The Morgan fingerprint density at radius 3 is 2.36 bits per heavy atom. The Hall–Kier alpha value is -2.09. The number of esters is 1. The van der Waals surface area contributed by atoms with Crippen LogP contribution in [0.2, 0.25) is 0 Å². The maximum Gasteiger partial charge on any atom is 0.311 e. The number of cyclic esters (lactones) is 1. The lowest BCUT2D eigenvalue weighted by molar-refractivity contribution is -0.177. The van der Waals surface area contributed by atoms with Crippen LogP contribution in [0, 0.1) is 11.8 Å². The molecule has 2 bridgehead atoms. The Morgan fingerprint density at radius 1 is 1.06 bits per heavy atom. The van der Waals surface area contributed by atoms with E-state index < -0.39 is 47.2 Å². The maximum absolute atomic E-state index is 13.4. The van der Waals surface area contributed by atoms with E-state index in [1.54, 1.807) is 20.8 Å². The number of ketones is 2. The van der Waals surface area contributed by atoms with E-state index >= 15 is 0 Å². The van der Waals surface area contributed by atoms with Gasteiger partial charge in [0.15, 0.2) is 17.2 Å². The zero-order valence-electron chi connectivity index (χ0n) is 20.2. The molecule has 182 valence electrons. The van der Waals surface area contributed by atoms with Gasteiger partial charge >= 0.3 is 5.97 Å². The van der Waals surface area contributed by atoms with E-state index in [0.29, 0.717) is 6.42 Å². The lowest BCUT2D eigenvalue weighted by Crippen LogP contribution is -2.50. The average molecular weight is 461 g/mol. The Kier molecular flexibility index (Phi) is 7.76. The summed E-state index contributed by atoms with van der Waals surface area (Å²) in [5, 5.41) is 11.0. The molecule has 0 unspecified atom stereocenters. The minimum atomic E-state index is -1.86. The van der Waals surface area contributed by atoms with E-state index in [1.807, 2.05) is 37.3 Å². The molecule has 33 heavy (non-hydrogen) atoms. The summed E-state index contributed by atoms with van der Waals surface area (Å²) in [6.07, 6.45) is -1.56. The van der Waals surface area contributed by atoms with Crippen molar-refractivity contribution in [2.45, 2.75) is 96.4 Å². The molecule has 3 rings (SSSR count). The quantitative estimate of drug-likeness (QED) is 0.688. The number of aliphatic hydroxyl groups is 1. The lowest BCUT2D eigenvalue weighted by Gasteiger charge is -2.33. The lowest BCUT2D eigenvalue weighted by atomic mass is 9.83. The number of benzene rings is 1. The maximum atomic E-state index is 13.4. The van der Waals surface area contributed by atoms with Crippen molar-refractivity contribution in [3.8, 4) is 0 Å². The van der Waals surface area contributed by atoms with Crippen molar-refractivity contribution in [3.05, 3.63) is 35.9 Å². The molecule has 0 saturated carbocycles. The van der Waals surface area contributed by atoms with E-state index in [2.05, 4.69) is 0 Å². The van der Waals surface area contributed by atoms with Gasteiger partial charge in [-0.15, -0.1) is 0 Å². The van der Waals surface area contributed by atoms with E-state index in [4.69, 9.17) is 14.2 Å². The second kappa shape index (κ2) is 10.0. The van der Waals surface area contributed by atoms with Gasteiger partial charge in [0, 0.05) is 12.8 Å². The predicted octanol–water partition coefficient (Wildman–Crippen LogP) is 3.40. The van der Waals surface area contributed by atoms with Crippen molar-refractivity contribution in [1.82, 2.24) is 0 Å². The molecule has 1 N–H and O–H groups in total. The summed E-state index contributed by atoms with van der Waals surface area (Å²) in [7, 11) is 0. The fraction of sp³-hybridized carbons (Fsp3) is 0.654. The molecule has 0 aliphatic carbocycles. The number of ether oxygens (including phenoxy) is 3. The molecular formula is C26H36O7. The van der Waals surface area contributed by atoms with Gasteiger partial charge in [-0.05, 0) is 45.1 Å². The molecule has 7 heteroatoms. The molecule has 7 atom stereocenters. The minimum Gasteiger partial charge on any atom is -0.459 e. The van der Waals surface area contributed by atoms with Crippen LogP contribution in [0.1, 0.15) is 65.9 Å². The van der Waals surface area contributed by atoms with Gasteiger partial charge < -0.3 is 19.3 Å². The summed E-state index contributed by atoms with van der Waals surface area (Å²) >= 11 is 0. The van der Waals surface area contributed by atoms with Gasteiger partial charge in [-0.25, -0.2) is 0 Å². The van der Waals surface area contributed by atoms with E-state index in [1.165, 1.54) is 6.92 Å². The first kappa shape index (κ1) is 25.5. The summed E-state index contributed by atoms with van der Waals surface area (Å²) in [6, 6.07) is 9.51. The van der Waals surface area contributed by atoms with Crippen molar-refractivity contribution < 1.29 is 33.7 Å². The summed E-state index contributed by atoms with van der Waals surface area (Å²) in [6.45, 7) is 8.70. The van der Waals surface area contributed by atoms with Crippen LogP contribution in [-0.2, 0) is 35.2 Å². The molecular weight excluding hydrogens is 424 g/mol. The highest BCUT2D eigenvalue weighted by atomic mass is 16.6. The summed E-state index contributed by atoms with van der Waals surface area (Å²) < 4.78 is 17.8. The van der Waals surface area contributed by atoms with Gasteiger partial charge in [0.1, 0.15) is 11.7 Å². The molecule has 2 aliphatic heterocycles. The normalized spacial score (nSPS) is 38.2. The fourth-order valence-corrected chi connectivity index (χ4v) is 4.79. The Labute approximate surface area is 195 Å². The molecule has 0 radical (unpaired) electrons. The standard InChI is InChI=1S/C26H36O7/c1-6-23-26(5,30)22(28)12-19-16(2)14-25(4,33-19)21(27)13-20(17(3)24(29)32-23)31-15-18-10-8-7-9-11-18/h7-11,16-17,19-20,23,30H,6,12-15H2,1-5H3/t16-,17-,19-,20+,23-,25+,26+/m1/s1. The summed E-state index contributed by atoms with van der Waals surface area (Å²) in [5.41, 5.74) is -2.01. The summed E-state index contributed by atoms with van der Waals surface area (Å²) in [5.74, 6) is -2.05. The number of Topliss-reactive ketones (excluding diaryl/α,β-unsaturated/α-hetero) is 2. The molecule has 1 aromatic carbocycles. The van der Waals surface area contributed by atoms with Crippen LogP contribution in [0.4, 0.5) is 0 Å². The first-order valence-electron chi connectivity index (χ1n) is 11.8. The van der Waals surface area contributed by atoms with Crippen LogP contribution in [0.5, 0.6) is 0 Å². The third-order valence-electron chi connectivity index (χ3n) is 7.18. The van der Waals surface area contributed by atoms with Crippen molar-refractivity contribution in [2.75, 3.05) is 0 Å². The molecule has 2 heterocycles. The van der Waals surface area contributed by atoms with Gasteiger partial charge in [0.25, 0.3) is 0 Å². The monoisotopic (exact) mass is 460 g/mol. The van der Waals surface area contributed by atoms with Crippen LogP contribution in [0.15, 0.2) is 30.3 Å². The van der Waals surface area contributed by atoms with Crippen molar-refractivity contribution in [2.24, 2.45) is 11.8 Å². The molecule has 0 spiro atoms. The van der Waals surface area contributed by atoms with Gasteiger partial charge in [0.2, 0.25) is 0 Å². The Morgan fingerprint density at radius 2 is 1.73 bits per heavy atom. The zero-order valence-corrected chi connectivity index (χ0v) is 20.2. The van der Waals surface area contributed by atoms with Crippen molar-refractivity contribution >= 4 is 17.5 Å². The van der Waals surface area contributed by atoms with Crippen LogP contribution >= 0.6 is 0 Å². The van der Waals surface area contributed by atoms with E-state index in [9.17, 15) is 19.5 Å². The second-order valence-corrected chi connectivity index (χ2v) is 9.93. The van der Waals surface area contributed by atoms with Crippen LogP contribution in [0.25, 0.3) is 0 Å². The minimum absolute atomic E-state index is 0.0137. The fourth-order valence-electron chi connectivity index (χ4n) is 4.79. The van der Waals surface area contributed by atoms with Crippen molar-refractivity contribution in [3.63, 3.8) is 0 Å². The third kappa shape index (κ3) is 5.53. The molecule has 1 aromatic rings. The number of carbonyl (C=O) groups excluding carboxylic acids is 3. The number of rotatable bonds is 4. The molecule has 2 aliphatic rings. The van der Waals surface area contributed by atoms with Crippen LogP contribution in [-0.4, -0.2) is 52.2 Å². The van der Waals surface area contributed by atoms with Gasteiger partial charge in [0.05, 0.1) is 24.7 Å². The highest BCUT2D eigenvalue weighted by Gasteiger charge is 2.51. The first-order valence-corrected chi connectivity index (χ1v) is 11.8. The van der Waals surface area contributed by atoms with Gasteiger partial charge in [-0.1, -0.05) is 44.2 Å². The first-order chi connectivity index (χ1) is 15.5. The SMILES string of the molecule is CC[C@H]1OC(=O)[C@H](C)[C@@H](OCc2ccccc2)CC(=O)[C@]2(C)C[C@@H](C)[C@@H](CC(=O)[C@]1(C)O)O2. The molecule has 2 saturated heterocycles. The van der Waals surface area contributed by atoms with E-state index in [0.717, 1.165) is 5.56 Å². The molecule has 0 aromatic heterocycles. The molecule has 7 nitrogen and oxygen atoms in total. The van der Waals surface area contributed by atoms with Crippen molar-refractivity contribution in [1.29, 1.82) is 0 Å². The van der Waals surface area contributed by atoms with Crippen LogP contribution in [0.3, 0.4) is 0 Å². The van der Waals surface area contributed by atoms with Crippen LogP contribution < -0.4 is 0 Å².